The third-order valence-corrected chi connectivity index (χ3v) is 3.20. The first-order valence-electron chi connectivity index (χ1n) is 6.72. The summed E-state index contributed by atoms with van der Waals surface area (Å²) in [7, 11) is 0. The summed E-state index contributed by atoms with van der Waals surface area (Å²) in [6.45, 7) is 7.59. The zero-order valence-corrected chi connectivity index (χ0v) is 11.3. The van der Waals surface area contributed by atoms with Crippen molar-refractivity contribution >= 4 is 0 Å². The highest BCUT2D eigenvalue weighted by molar-refractivity contribution is 4.90. The van der Waals surface area contributed by atoms with E-state index in [1.54, 1.807) is 0 Å². The smallest absolute Gasteiger partial charge is 0.0431 e. The van der Waals surface area contributed by atoms with Gasteiger partial charge in [-0.1, -0.05) is 26.7 Å². The van der Waals surface area contributed by atoms with Crippen LogP contribution in [0.15, 0.2) is 0 Å². The Morgan fingerprint density at radius 1 is 1.25 bits per heavy atom. The first-order valence-corrected chi connectivity index (χ1v) is 6.72. The summed E-state index contributed by atoms with van der Waals surface area (Å²) in [6, 6.07) is 0.439. The predicted molar refractivity (Wildman–Crippen MR) is 70.5 cm³/mol. The SMILES string of the molecule is CCCC(CN)(CCC)NC(C)CCCO. The molecule has 0 aliphatic carbocycles. The van der Waals surface area contributed by atoms with E-state index in [0.717, 1.165) is 38.5 Å². The van der Waals surface area contributed by atoms with E-state index < -0.39 is 0 Å². The summed E-state index contributed by atoms with van der Waals surface area (Å²) in [6.07, 6.45) is 6.49. The molecule has 0 saturated heterocycles. The molecule has 3 heteroatoms. The normalized spacial score (nSPS) is 14.1. The monoisotopic (exact) mass is 230 g/mol. The van der Waals surface area contributed by atoms with Gasteiger partial charge in [0.2, 0.25) is 0 Å². The third kappa shape index (κ3) is 5.83. The summed E-state index contributed by atoms with van der Waals surface area (Å²) in [5.41, 5.74) is 6.05. The van der Waals surface area contributed by atoms with Crippen LogP contribution in [0, 0.1) is 0 Å². The maximum absolute atomic E-state index is 8.82. The van der Waals surface area contributed by atoms with Gasteiger partial charge in [0.15, 0.2) is 0 Å². The standard InChI is InChI=1S/C13H30N2O/c1-4-8-13(11-14,9-5-2)15-12(3)7-6-10-16/h12,15-16H,4-11,14H2,1-3H3. The Bertz CT molecular complexity index is 156. The minimum Gasteiger partial charge on any atom is -0.396 e. The Morgan fingerprint density at radius 3 is 2.19 bits per heavy atom. The van der Waals surface area contributed by atoms with Gasteiger partial charge in [0, 0.05) is 24.7 Å². The van der Waals surface area contributed by atoms with Crippen LogP contribution in [-0.4, -0.2) is 29.8 Å². The summed E-state index contributed by atoms with van der Waals surface area (Å²) < 4.78 is 0. The molecule has 0 heterocycles. The number of hydrogen-bond acceptors (Lipinski definition) is 3. The number of rotatable bonds is 10. The fourth-order valence-corrected chi connectivity index (χ4v) is 2.48. The molecule has 0 aliphatic heterocycles. The molecule has 16 heavy (non-hydrogen) atoms. The van der Waals surface area contributed by atoms with Crippen molar-refractivity contribution in [2.24, 2.45) is 5.73 Å². The van der Waals surface area contributed by atoms with E-state index in [9.17, 15) is 0 Å². The number of nitrogens with two attached hydrogens (primary N) is 1. The van der Waals surface area contributed by atoms with Crippen LogP contribution in [-0.2, 0) is 0 Å². The molecule has 0 saturated carbocycles. The van der Waals surface area contributed by atoms with Crippen LogP contribution in [0.5, 0.6) is 0 Å². The molecule has 1 unspecified atom stereocenters. The van der Waals surface area contributed by atoms with Gasteiger partial charge in [-0.3, -0.25) is 0 Å². The van der Waals surface area contributed by atoms with Crippen LogP contribution in [0.1, 0.15) is 59.3 Å². The summed E-state index contributed by atoms with van der Waals surface area (Å²) in [5, 5.41) is 12.5. The van der Waals surface area contributed by atoms with E-state index in [1.165, 1.54) is 0 Å². The van der Waals surface area contributed by atoms with Crippen molar-refractivity contribution in [1.29, 1.82) is 0 Å². The van der Waals surface area contributed by atoms with Crippen LogP contribution in [0.2, 0.25) is 0 Å². The van der Waals surface area contributed by atoms with Gasteiger partial charge in [-0.25, -0.2) is 0 Å². The van der Waals surface area contributed by atoms with Gasteiger partial charge in [0.1, 0.15) is 0 Å². The topological polar surface area (TPSA) is 58.3 Å². The highest BCUT2D eigenvalue weighted by atomic mass is 16.2. The predicted octanol–water partition coefficient (Wildman–Crippen LogP) is 2.03. The molecule has 4 N–H and O–H groups in total. The molecule has 98 valence electrons. The summed E-state index contributed by atoms with van der Waals surface area (Å²) in [5.74, 6) is 0. The van der Waals surface area contributed by atoms with Crippen LogP contribution >= 0.6 is 0 Å². The first kappa shape index (κ1) is 15.9. The molecule has 0 spiro atoms. The number of hydrogen-bond donors (Lipinski definition) is 3. The fraction of sp³-hybridized carbons (Fsp3) is 1.00. The highest BCUT2D eigenvalue weighted by Gasteiger charge is 2.27. The lowest BCUT2D eigenvalue weighted by atomic mass is 9.87. The first-order chi connectivity index (χ1) is 7.64. The maximum Gasteiger partial charge on any atom is 0.0431 e. The van der Waals surface area contributed by atoms with Gasteiger partial charge in [-0.15, -0.1) is 0 Å². The lowest BCUT2D eigenvalue weighted by Gasteiger charge is -2.36. The second-order valence-electron chi connectivity index (χ2n) is 4.90. The average molecular weight is 230 g/mol. The van der Waals surface area contributed by atoms with E-state index in [2.05, 4.69) is 26.1 Å². The van der Waals surface area contributed by atoms with E-state index in [-0.39, 0.29) is 12.1 Å². The van der Waals surface area contributed by atoms with Crippen LogP contribution in [0.3, 0.4) is 0 Å². The van der Waals surface area contributed by atoms with Crippen molar-refractivity contribution in [1.82, 2.24) is 5.32 Å². The second-order valence-corrected chi connectivity index (χ2v) is 4.90. The van der Waals surface area contributed by atoms with Gasteiger partial charge in [0.25, 0.3) is 0 Å². The Hall–Kier alpha value is -0.120. The number of nitrogens with one attached hydrogen (secondary N) is 1. The second kappa shape index (κ2) is 8.97. The molecule has 0 aromatic rings. The molecule has 0 rings (SSSR count). The molecule has 3 nitrogen and oxygen atoms in total. The molecule has 0 aliphatic rings. The average Bonchev–Trinajstić information content (AvgIpc) is 2.27. The van der Waals surface area contributed by atoms with Crippen molar-refractivity contribution in [3.63, 3.8) is 0 Å². The lowest BCUT2D eigenvalue weighted by Crippen LogP contribution is -2.54. The molecule has 1 atom stereocenters. The fourth-order valence-electron chi connectivity index (χ4n) is 2.48. The molecule has 0 fully saturated rings. The van der Waals surface area contributed by atoms with Crippen molar-refractivity contribution in [2.75, 3.05) is 13.2 Å². The van der Waals surface area contributed by atoms with Crippen LogP contribution in [0.4, 0.5) is 0 Å². The molecule has 0 bridgehead atoms. The number of aliphatic hydroxyl groups is 1. The minimum absolute atomic E-state index is 0.109. The molecule has 0 amide bonds. The highest BCUT2D eigenvalue weighted by Crippen LogP contribution is 2.20. The van der Waals surface area contributed by atoms with Crippen molar-refractivity contribution in [2.45, 2.75) is 70.9 Å². The summed E-state index contributed by atoms with van der Waals surface area (Å²) in [4.78, 5) is 0. The maximum atomic E-state index is 8.82. The van der Waals surface area contributed by atoms with Gasteiger partial charge in [-0.05, 0) is 32.6 Å². The van der Waals surface area contributed by atoms with E-state index in [1.807, 2.05) is 0 Å². The Balaban J connectivity index is 4.26. The zero-order chi connectivity index (χ0) is 12.4. The van der Waals surface area contributed by atoms with Crippen molar-refractivity contribution < 1.29 is 5.11 Å². The molecule has 0 aromatic carbocycles. The van der Waals surface area contributed by atoms with E-state index in [0.29, 0.717) is 12.6 Å². The molecule has 0 radical (unpaired) electrons. The minimum atomic E-state index is 0.109. The van der Waals surface area contributed by atoms with Crippen LogP contribution < -0.4 is 11.1 Å². The number of aliphatic hydroxyl groups excluding tert-OH is 1. The van der Waals surface area contributed by atoms with Gasteiger partial charge in [-0.2, -0.15) is 0 Å². The Kier molecular flexibility index (Phi) is 8.90. The summed E-state index contributed by atoms with van der Waals surface area (Å²) >= 11 is 0. The lowest BCUT2D eigenvalue weighted by molar-refractivity contribution is 0.232. The third-order valence-electron chi connectivity index (χ3n) is 3.20. The van der Waals surface area contributed by atoms with Crippen molar-refractivity contribution in [3.05, 3.63) is 0 Å². The van der Waals surface area contributed by atoms with Crippen LogP contribution in [0.25, 0.3) is 0 Å². The zero-order valence-electron chi connectivity index (χ0n) is 11.3. The largest absolute Gasteiger partial charge is 0.396 e. The molecular formula is C13H30N2O. The van der Waals surface area contributed by atoms with E-state index >= 15 is 0 Å². The Morgan fingerprint density at radius 2 is 1.81 bits per heavy atom. The van der Waals surface area contributed by atoms with E-state index in [4.69, 9.17) is 10.8 Å². The van der Waals surface area contributed by atoms with Gasteiger partial charge in [0.05, 0.1) is 0 Å². The molecular weight excluding hydrogens is 200 g/mol. The Labute approximate surface area is 101 Å². The molecule has 0 aromatic heterocycles. The van der Waals surface area contributed by atoms with Crippen molar-refractivity contribution in [3.8, 4) is 0 Å². The van der Waals surface area contributed by atoms with Gasteiger partial charge >= 0.3 is 0 Å². The van der Waals surface area contributed by atoms with Gasteiger partial charge < -0.3 is 16.2 Å². The quantitative estimate of drug-likeness (QED) is 0.538.